The number of hydrogen-bond donors (Lipinski definition) is 4. The Bertz CT molecular complexity index is 1400. The third-order valence-corrected chi connectivity index (χ3v) is 6.63. The Hall–Kier alpha value is -4.10. The van der Waals surface area contributed by atoms with E-state index in [1.165, 1.54) is 55.9 Å². The van der Waals surface area contributed by atoms with Gasteiger partial charge < -0.3 is 25.0 Å². The Labute approximate surface area is 198 Å². The predicted octanol–water partition coefficient (Wildman–Crippen LogP) is 3.57. The SMILES string of the molecule is COc1cc(NS(=O)(=O)c2ccc(Nc3nc(-c4ccc(O)c(O)c4)cs3)cc2)nc(OC)n1. The van der Waals surface area contributed by atoms with Crippen LogP contribution in [0.5, 0.6) is 23.4 Å². The van der Waals surface area contributed by atoms with Gasteiger partial charge in [-0.05, 0) is 42.5 Å². The normalized spacial score (nSPS) is 11.1. The van der Waals surface area contributed by atoms with E-state index < -0.39 is 10.0 Å². The van der Waals surface area contributed by atoms with E-state index in [2.05, 4.69) is 25.0 Å². The Morgan fingerprint density at radius 2 is 1.68 bits per heavy atom. The average Bonchev–Trinajstić information content (AvgIpc) is 3.29. The number of phenols is 2. The van der Waals surface area contributed by atoms with E-state index in [9.17, 15) is 18.6 Å². The van der Waals surface area contributed by atoms with Crippen molar-refractivity contribution in [3.05, 3.63) is 53.9 Å². The molecule has 2 aromatic carbocycles. The number of anilines is 3. The smallest absolute Gasteiger partial charge is 0.321 e. The highest BCUT2D eigenvalue weighted by Gasteiger charge is 2.17. The Kier molecular flexibility index (Phi) is 6.38. The number of aromatic hydroxyl groups is 2. The molecule has 0 unspecified atom stereocenters. The standard InChI is InChI=1S/C21H19N5O6S2/c1-31-19-10-18(24-20(25-19)32-2)26-34(29,30)14-6-4-13(5-7-14)22-21-23-15(11-33-21)12-3-8-16(27)17(28)9-12/h3-11,27-28H,1-2H3,(H,22,23)(H,24,25,26). The first-order valence-corrected chi connectivity index (χ1v) is 12.0. The van der Waals surface area contributed by atoms with E-state index in [0.29, 0.717) is 22.1 Å². The largest absolute Gasteiger partial charge is 0.504 e. The van der Waals surface area contributed by atoms with Crippen LogP contribution < -0.4 is 19.5 Å². The second-order valence-electron chi connectivity index (χ2n) is 6.78. The van der Waals surface area contributed by atoms with Crippen LogP contribution in [-0.4, -0.2) is 47.8 Å². The molecule has 4 rings (SSSR count). The molecule has 0 atom stereocenters. The molecule has 0 aliphatic carbocycles. The van der Waals surface area contributed by atoms with Gasteiger partial charge in [-0.1, -0.05) is 0 Å². The maximum Gasteiger partial charge on any atom is 0.321 e. The van der Waals surface area contributed by atoms with E-state index in [1.54, 1.807) is 23.6 Å². The van der Waals surface area contributed by atoms with E-state index in [1.807, 2.05) is 0 Å². The lowest BCUT2D eigenvalue weighted by molar-refractivity contribution is 0.353. The molecule has 0 aliphatic heterocycles. The number of rotatable bonds is 8. The van der Waals surface area contributed by atoms with Crippen molar-refractivity contribution in [2.45, 2.75) is 4.90 Å². The number of phenolic OH excluding ortho intramolecular Hbond substituents is 2. The van der Waals surface area contributed by atoms with Crippen LogP contribution >= 0.6 is 11.3 Å². The fourth-order valence-electron chi connectivity index (χ4n) is 2.84. The van der Waals surface area contributed by atoms with Gasteiger partial charge in [-0.3, -0.25) is 4.72 Å². The zero-order valence-electron chi connectivity index (χ0n) is 17.9. The maximum absolute atomic E-state index is 12.8. The van der Waals surface area contributed by atoms with Crippen molar-refractivity contribution in [1.82, 2.24) is 15.0 Å². The van der Waals surface area contributed by atoms with Crippen LogP contribution in [0.15, 0.2) is 58.8 Å². The number of aromatic nitrogens is 3. The fourth-order valence-corrected chi connectivity index (χ4v) is 4.57. The molecule has 0 aliphatic rings. The molecule has 0 saturated heterocycles. The molecule has 13 heteroatoms. The number of sulfonamides is 1. The molecule has 176 valence electrons. The van der Waals surface area contributed by atoms with Crippen LogP contribution in [0.2, 0.25) is 0 Å². The van der Waals surface area contributed by atoms with Crippen molar-refractivity contribution < 1.29 is 28.1 Å². The van der Waals surface area contributed by atoms with Crippen molar-refractivity contribution in [3.63, 3.8) is 0 Å². The molecule has 0 bridgehead atoms. The van der Waals surface area contributed by atoms with Crippen LogP contribution in [-0.2, 0) is 10.0 Å². The molecule has 34 heavy (non-hydrogen) atoms. The highest BCUT2D eigenvalue weighted by Crippen LogP contribution is 2.33. The summed E-state index contributed by atoms with van der Waals surface area (Å²) in [6, 6.07) is 11.8. The number of ether oxygens (including phenoxy) is 2. The molecule has 0 spiro atoms. The molecule has 2 heterocycles. The van der Waals surface area contributed by atoms with Gasteiger partial charge in [0.2, 0.25) is 5.88 Å². The Balaban J connectivity index is 1.48. The molecule has 4 N–H and O–H groups in total. The summed E-state index contributed by atoms with van der Waals surface area (Å²) < 4.78 is 37.9. The van der Waals surface area contributed by atoms with E-state index in [4.69, 9.17) is 9.47 Å². The first-order chi connectivity index (χ1) is 16.3. The summed E-state index contributed by atoms with van der Waals surface area (Å²) in [6.45, 7) is 0. The third kappa shape index (κ3) is 5.10. The lowest BCUT2D eigenvalue weighted by Gasteiger charge is -2.10. The lowest BCUT2D eigenvalue weighted by atomic mass is 10.1. The van der Waals surface area contributed by atoms with Gasteiger partial charge >= 0.3 is 6.01 Å². The number of benzene rings is 2. The van der Waals surface area contributed by atoms with Gasteiger partial charge in [0.1, 0.15) is 0 Å². The molecule has 2 aromatic heterocycles. The van der Waals surface area contributed by atoms with Gasteiger partial charge in [0.25, 0.3) is 10.0 Å². The minimum Gasteiger partial charge on any atom is -0.504 e. The van der Waals surface area contributed by atoms with E-state index in [-0.39, 0.29) is 34.1 Å². The summed E-state index contributed by atoms with van der Waals surface area (Å²) in [5.41, 5.74) is 1.88. The van der Waals surface area contributed by atoms with Crippen molar-refractivity contribution in [2.24, 2.45) is 0 Å². The number of thiazole rings is 1. The van der Waals surface area contributed by atoms with Gasteiger partial charge in [-0.2, -0.15) is 9.97 Å². The minimum absolute atomic E-state index is 0.00137. The van der Waals surface area contributed by atoms with Crippen molar-refractivity contribution in [2.75, 3.05) is 24.3 Å². The van der Waals surface area contributed by atoms with E-state index >= 15 is 0 Å². The molecule has 11 nitrogen and oxygen atoms in total. The summed E-state index contributed by atoms with van der Waals surface area (Å²) >= 11 is 1.33. The van der Waals surface area contributed by atoms with Gasteiger partial charge in [-0.25, -0.2) is 13.4 Å². The number of methoxy groups -OCH3 is 2. The molecule has 0 amide bonds. The summed E-state index contributed by atoms with van der Waals surface area (Å²) in [5, 5.41) is 24.6. The highest BCUT2D eigenvalue weighted by atomic mass is 32.2. The zero-order chi connectivity index (χ0) is 24.3. The molecule has 0 fully saturated rings. The van der Waals surface area contributed by atoms with Crippen LogP contribution in [0.4, 0.5) is 16.6 Å². The number of hydrogen-bond acceptors (Lipinski definition) is 11. The lowest BCUT2D eigenvalue weighted by Crippen LogP contribution is -2.14. The first kappa shape index (κ1) is 23.1. The summed E-state index contributed by atoms with van der Waals surface area (Å²) in [4.78, 5) is 12.4. The summed E-state index contributed by atoms with van der Waals surface area (Å²) in [7, 11) is -1.17. The predicted molar refractivity (Wildman–Crippen MR) is 127 cm³/mol. The minimum atomic E-state index is -3.93. The molecular weight excluding hydrogens is 482 g/mol. The summed E-state index contributed by atoms with van der Waals surface area (Å²) in [6.07, 6.45) is 0. The second-order valence-corrected chi connectivity index (χ2v) is 9.32. The van der Waals surface area contributed by atoms with E-state index in [0.717, 1.165) is 0 Å². The topological polar surface area (TPSA) is 156 Å². The van der Waals surface area contributed by atoms with Crippen LogP contribution in [0.3, 0.4) is 0 Å². The third-order valence-electron chi connectivity index (χ3n) is 4.50. The van der Waals surface area contributed by atoms with Crippen molar-refractivity contribution in [1.29, 1.82) is 0 Å². The van der Waals surface area contributed by atoms with Gasteiger partial charge in [0.15, 0.2) is 22.4 Å². The van der Waals surface area contributed by atoms with Crippen LogP contribution in [0.25, 0.3) is 11.3 Å². The van der Waals surface area contributed by atoms with Crippen LogP contribution in [0.1, 0.15) is 0 Å². The number of nitrogens with one attached hydrogen (secondary N) is 2. The van der Waals surface area contributed by atoms with Crippen LogP contribution in [0, 0.1) is 0 Å². The second kappa shape index (κ2) is 9.41. The highest BCUT2D eigenvalue weighted by molar-refractivity contribution is 7.92. The maximum atomic E-state index is 12.8. The van der Waals surface area contributed by atoms with Gasteiger partial charge in [-0.15, -0.1) is 11.3 Å². The van der Waals surface area contributed by atoms with Gasteiger partial charge in [0.05, 0.1) is 24.8 Å². The summed E-state index contributed by atoms with van der Waals surface area (Å²) in [5.74, 6) is -0.292. The molecule has 0 saturated carbocycles. The van der Waals surface area contributed by atoms with Crippen molar-refractivity contribution in [3.8, 4) is 34.6 Å². The first-order valence-electron chi connectivity index (χ1n) is 9.62. The average molecular weight is 502 g/mol. The molecule has 4 aromatic rings. The Morgan fingerprint density at radius 3 is 2.35 bits per heavy atom. The quantitative estimate of drug-likeness (QED) is 0.263. The number of nitrogens with zero attached hydrogens (tertiary/aromatic N) is 3. The fraction of sp³-hybridized carbons (Fsp3) is 0.0952. The van der Waals surface area contributed by atoms with Crippen molar-refractivity contribution >= 4 is 38.0 Å². The molecule has 0 radical (unpaired) electrons. The monoisotopic (exact) mass is 501 g/mol. The molecular formula is C21H19N5O6S2. The Morgan fingerprint density at radius 1 is 0.912 bits per heavy atom. The van der Waals surface area contributed by atoms with Gasteiger partial charge in [0, 0.05) is 22.7 Å². The zero-order valence-corrected chi connectivity index (χ0v) is 19.5.